The van der Waals surface area contributed by atoms with Gasteiger partial charge in [-0.2, -0.15) is 0 Å². The number of carbonyl (C=O) groups excluding carboxylic acids is 2. The van der Waals surface area contributed by atoms with Gasteiger partial charge in [-0.25, -0.2) is 0 Å². The van der Waals surface area contributed by atoms with Crippen LogP contribution in [0.25, 0.3) is 0 Å². The molecule has 0 aromatic carbocycles. The van der Waals surface area contributed by atoms with E-state index in [0.29, 0.717) is 13.0 Å². The summed E-state index contributed by atoms with van der Waals surface area (Å²) >= 11 is 0. The second kappa shape index (κ2) is 7.27. The molecule has 2 N–H and O–H groups in total. The van der Waals surface area contributed by atoms with Crippen molar-refractivity contribution in [3.63, 3.8) is 0 Å². The molecule has 17 heavy (non-hydrogen) atoms. The van der Waals surface area contributed by atoms with E-state index in [9.17, 15) is 9.59 Å². The average Bonchev–Trinajstić information content (AvgIpc) is 2.27. The quantitative estimate of drug-likeness (QED) is 0.676. The number of hydrogen-bond acceptors (Lipinski definition) is 4. The maximum absolute atomic E-state index is 12.2. The van der Waals surface area contributed by atoms with E-state index in [-0.39, 0.29) is 12.5 Å². The molecule has 1 unspecified atom stereocenters. The maximum Gasteiger partial charge on any atom is 0.325 e. The van der Waals surface area contributed by atoms with Gasteiger partial charge in [0.15, 0.2) is 0 Å². The lowest BCUT2D eigenvalue weighted by atomic mass is 9.95. The molecule has 0 rings (SSSR count). The summed E-state index contributed by atoms with van der Waals surface area (Å²) in [5.41, 5.74) is 5.07. The van der Waals surface area contributed by atoms with Crippen LogP contribution in [0.3, 0.4) is 0 Å². The van der Waals surface area contributed by atoms with E-state index in [2.05, 4.69) is 4.74 Å². The third-order valence-electron chi connectivity index (χ3n) is 2.59. The summed E-state index contributed by atoms with van der Waals surface area (Å²) in [6.07, 6.45) is 2.22. The molecule has 0 aliphatic heterocycles. The van der Waals surface area contributed by atoms with Crippen LogP contribution in [0.4, 0.5) is 0 Å². The summed E-state index contributed by atoms with van der Waals surface area (Å²) in [6, 6.07) is 0. The van der Waals surface area contributed by atoms with Crippen molar-refractivity contribution >= 4 is 11.9 Å². The Morgan fingerprint density at radius 2 is 1.88 bits per heavy atom. The highest BCUT2D eigenvalue weighted by Crippen LogP contribution is 2.13. The summed E-state index contributed by atoms with van der Waals surface area (Å²) in [4.78, 5) is 24.9. The molecular formula is C12H24N2O3. The van der Waals surface area contributed by atoms with Gasteiger partial charge in [0.05, 0.1) is 12.6 Å². The molecule has 0 fully saturated rings. The molecule has 0 spiro atoms. The van der Waals surface area contributed by atoms with Crippen LogP contribution in [0, 0.1) is 0 Å². The van der Waals surface area contributed by atoms with Crippen molar-refractivity contribution in [3.8, 4) is 0 Å². The Hall–Kier alpha value is -1.10. The zero-order valence-corrected chi connectivity index (χ0v) is 11.3. The minimum Gasteiger partial charge on any atom is -0.468 e. The molecule has 0 heterocycles. The lowest BCUT2D eigenvalue weighted by Crippen LogP contribution is -2.54. The Balaban J connectivity index is 4.68. The summed E-state index contributed by atoms with van der Waals surface area (Å²) in [5, 5.41) is 0. The highest BCUT2D eigenvalue weighted by atomic mass is 16.5. The molecule has 100 valence electrons. The second-order valence-electron chi connectivity index (χ2n) is 4.47. The van der Waals surface area contributed by atoms with Crippen LogP contribution < -0.4 is 5.73 Å². The van der Waals surface area contributed by atoms with Crippen LogP contribution in [0.15, 0.2) is 0 Å². The molecule has 1 amide bonds. The number of hydrogen-bond donors (Lipinski definition) is 1. The highest BCUT2D eigenvalue weighted by molar-refractivity contribution is 5.88. The highest BCUT2D eigenvalue weighted by Gasteiger charge is 2.32. The van der Waals surface area contributed by atoms with Crippen LogP contribution >= 0.6 is 0 Å². The minimum atomic E-state index is -0.905. The van der Waals surface area contributed by atoms with E-state index < -0.39 is 11.5 Å². The third-order valence-corrected chi connectivity index (χ3v) is 2.59. The number of ether oxygens (including phenoxy) is 1. The summed E-state index contributed by atoms with van der Waals surface area (Å²) in [7, 11) is 1.31. The fraction of sp³-hybridized carbons (Fsp3) is 0.833. The van der Waals surface area contributed by atoms with Gasteiger partial charge in [0.1, 0.15) is 6.54 Å². The molecule has 0 aromatic rings. The van der Waals surface area contributed by atoms with Crippen molar-refractivity contribution in [1.82, 2.24) is 4.90 Å². The van der Waals surface area contributed by atoms with E-state index in [1.54, 1.807) is 6.92 Å². The molecule has 0 aliphatic rings. The Morgan fingerprint density at radius 3 is 2.29 bits per heavy atom. The molecule has 0 bridgehead atoms. The normalized spacial score (nSPS) is 13.9. The standard InChI is InChI=1S/C12H24N2O3/c1-5-7-12(3,13)11(16)14(8-6-2)9-10(15)17-4/h5-9,13H2,1-4H3. The number of amides is 1. The number of esters is 1. The molecule has 1 atom stereocenters. The third kappa shape index (κ3) is 5.17. The maximum atomic E-state index is 12.2. The number of carbonyl (C=O) groups is 2. The average molecular weight is 244 g/mol. The van der Waals surface area contributed by atoms with Crippen molar-refractivity contribution < 1.29 is 14.3 Å². The monoisotopic (exact) mass is 244 g/mol. The van der Waals surface area contributed by atoms with Crippen molar-refractivity contribution in [1.29, 1.82) is 0 Å². The largest absolute Gasteiger partial charge is 0.468 e. The first-order chi connectivity index (χ1) is 7.88. The molecular weight excluding hydrogens is 220 g/mol. The number of methoxy groups -OCH3 is 1. The first-order valence-electron chi connectivity index (χ1n) is 6.04. The Bertz CT molecular complexity index is 264. The molecule has 0 saturated carbocycles. The fourth-order valence-electron chi connectivity index (χ4n) is 1.73. The number of nitrogens with zero attached hydrogens (tertiary/aromatic N) is 1. The lowest BCUT2D eigenvalue weighted by molar-refractivity contribution is -0.149. The van der Waals surface area contributed by atoms with Crippen LogP contribution in [-0.2, 0) is 14.3 Å². The first-order valence-corrected chi connectivity index (χ1v) is 6.04. The lowest BCUT2D eigenvalue weighted by Gasteiger charge is -2.30. The van der Waals surface area contributed by atoms with Gasteiger partial charge in [-0.3, -0.25) is 9.59 Å². The summed E-state index contributed by atoms with van der Waals surface area (Å²) in [6.45, 7) is 6.12. The molecule has 0 aliphatic carbocycles. The number of nitrogens with two attached hydrogens (primary N) is 1. The zero-order valence-electron chi connectivity index (χ0n) is 11.3. The van der Waals surface area contributed by atoms with Gasteiger partial charge in [0.2, 0.25) is 5.91 Å². The fourth-order valence-corrected chi connectivity index (χ4v) is 1.73. The summed E-state index contributed by atoms with van der Waals surface area (Å²) < 4.78 is 4.58. The van der Waals surface area contributed by atoms with Crippen molar-refractivity contribution in [2.45, 2.75) is 45.6 Å². The van der Waals surface area contributed by atoms with Gasteiger partial charge in [0, 0.05) is 6.54 Å². The molecule has 0 aromatic heterocycles. The Labute approximate surface area is 103 Å². The molecule has 5 nitrogen and oxygen atoms in total. The number of rotatable bonds is 7. The smallest absolute Gasteiger partial charge is 0.325 e. The SMILES string of the molecule is CCCN(CC(=O)OC)C(=O)C(C)(N)CCC. The first kappa shape index (κ1) is 15.9. The van der Waals surface area contributed by atoms with E-state index in [4.69, 9.17) is 5.73 Å². The Kier molecular flexibility index (Phi) is 6.80. The van der Waals surface area contributed by atoms with E-state index >= 15 is 0 Å². The predicted octanol–water partition coefficient (Wildman–Crippen LogP) is 0.915. The van der Waals surface area contributed by atoms with Crippen LogP contribution in [-0.4, -0.2) is 42.5 Å². The van der Waals surface area contributed by atoms with Crippen LogP contribution in [0.2, 0.25) is 0 Å². The Morgan fingerprint density at radius 1 is 1.29 bits per heavy atom. The van der Waals surface area contributed by atoms with Gasteiger partial charge < -0.3 is 15.4 Å². The van der Waals surface area contributed by atoms with Crippen molar-refractivity contribution in [2.24, 2.45) is 5.73 Å². The van der Waals surface area contributed by atoms with Gasteiger partial charge in [0.25, 0.3) is 0 Å². The van der Waals surface area contributed by atoms with Crippen molar-refractivity contribution in [2.75, 3.05) is 20.2 Å². The van der Waals surface area contributed by atoms with Gasteiger partial charge in [-0.15, -0.1) is 0 Å². The topological polar surface area (TPSA) is 72.6 Å². The van der Waals surface area contributed by atoms with E-state index in [1.807, 2.05) is 13.8 Å². The van der Waals surface area contributed by atoms with Crippen molar-refractivity contribution in [3.05, 3.63) is 0 Å². The van der Waals surface area contributed by atoms with E-state index in [1.165, 1.54) is 12.0 Å². The van der Waals surface area contributed by atoms with Gasteiger partial charge in [-0.1, -0.05) is 20.3 Å². The molecule has 5 heteroatoms. The zero-order chi connectivity index (χ0) is 13.5. The predicted molar refractivity (Wildman–Crippen MR) is 66.4 cm³/mol. The van der Waals surface area contributed by atoms with Crippen LogP contribution in [0.5, 0.6) is 0 Å². The second-order valence-corrected chi connectivity index (χ2v) is 4.47. The van der Waals surface area contributed by atoms with Gasteiger partial charge in [-0.05, 0) is 19.8 Å². The van der Waals surface area contributed by atoms with Crippen LogP contribution in [0.1, 0.15) is 40.0 Å². The molecule has 0 radical (unpaired) electrons. The van der Waals surface area contributed by atoms with Gasteiger partial charge >= 0.3 is 5.97 Å². The minimum absolute atomic E-state index is 0.0281. The summed E-state index contributed by atoms with van der Waals surface area (Å²) in [5.74, 6) is -0.606. The molecule has 0 saturated heterocycles. The van der Waals surface area contributed by atoms with E-state index in [0.717, 1.165) is 12.8 Å².